The average molecular weight is 321 g/mol. The van der Waals surface area contributed by atoms with Crippen LogP contribution in [-0.2, 0) is 14.8 Å². The molecule has 0 saturated carbocycles. The van der Waals surface area contributed by atoms with Gasteiger partial charge in [-0.15, -0.1) is 0 Å². The summed E-state index contributed by atoms with van der Waals surface area (Å²) in [5.74, 6) is -0.201. The molecule has 0 aromatic heterocycles. The van der Waals surface area contributed by atoms with E-state index >= 15 is 0 Å². The summed E-state index contributed by atoms with van der Waals surface area (Å²) in [5.41, 5.74) is 0.305. The summed E-state index contributed by atoms with van der Waals surface area (Å²) in [6.07, 6.45) is 0. The highest BCUT2D eigenvalue weighted by Crippen LogP contribution is 2.22. The highest BCUT2D eigenvalue weighted by molar-refractivity contribution is 7.92. The van der Waals surface area contributed by atoms with Crippen LogP contribution in [0.4, 0.5) is 5.69 Å². The lowest BCUT2D eigenvalue weighted by atomic mass is 10.2. The van der Waals surface area contributed by atoms with Crippen molar-refractivity contribution in [3.05, 3.63) is 54.1 Å². The number of esters is 1. The predicted molar refractivity (Wildman–Crippen MR) is 81.6 cm³/mol. The van der Waals surface area contributed by atoms with Gasteiger partial charge in [0.1, 0.15) is 10.6 Å². The maximum atomic E-state index is 12.5. The quantitative estimate of drug-likeness (QED) is 0.854. The van der Waals surface area contributed by atoms with Crippen LogP contribution >= 0.6 is 0 Å². The maximum absolute atomic E-state index is 12.5. The zero-order valence-corrected chi connectivity index (χ0v) is 12.9. The number of hydrogen-bond donors (Lipinski definition) is 1. The second kappa shape index (κ2) is 6.48. The van der Waals surface area contributed by atoms with Crippen molar-refractivity contribution in [2.75, 3.05) is 18.9 Å². The standard InChI is InChI=1S/C15H15NO5S/c1-20-12-7-5-6-11(10-12)16-22(18,19)14-9-4-3-8-13(14)15(17)21-2/h3-10,16H,1-2H3. The molecule has 0 bridgehead atoms. The summed E-state index contributed by atoms with van der Waals surface area (Å²) in [6, 6.07) is 12.3. The molecule has 0 fully saturated rings. The molecule has 116 valence electrons. The van der Waals surface area contributed by atoms with E-state index in [1.807, 2.05) is 0 Å². The molecule has 0 aliphatic heterocycles. The molecule has 0 saturated heterocycles. The predicted octanol–water partition coefficient (Wildman–Crippen LogP) is 2.28. The van der Waals surface area contributed by atoms with Gasteiger partial charge in [-0.05, 0) is 24.3 Å². The van der Waals surface area contributed by atoms with Crippen molar-refractivity contribution < 1.29 is 22.7 Å². The van der Waals surface area contributed by atoms with E-state index < -0.39 is 16.0 Å². The zero-order chi connectivity index (χ0) is 16.2. The van der Waals surface area contributed by atoms with Gasteiger partial charge < -0.3 is 9.47 Å². The Hall–Kier alpha value is -2.54. The maximum Gasteiger partial charge on any atom is 0.339 e. The molecule has 2 rings (SSSR count). The van der Waals surface area contributed by atoms with Crippen LogP contribution in [0.5, 0.6) is 5.75 Å². The molecule has 0 aliphatic rings. The molecular weight excluding hydrogens is 306 g/mol. The molecule has 6 nitrogen and oxygen atoms in total. The van der Waals surface area contributed by atoms with Crippen LogP contribution in [0.25, 0.3) is 0 Å². The Labute approximate surface area is 128 Å². The molecule has 0 amide bonds. The fourth-order valence-electron chi connectivity index (χ4n) is 1.88. The molecule has 0 aliphatic carbocycles. The van der Waals surface area contributed by atoms with Crippen LogP contribution in [0.1, 0.15) is 10.4 Å². The number of carbonyl (C=O) groups excluding carboxylic acids is 1. The minimum absolute atomic E-state index is 0.0274. The number of ether oxygens (including phenoxy) is 2. The first kappa shape index (κ1) is 15.8. The summed E-state index contributed by atoms with van der Waals surface area (Å²) in [7, 11) is -1.25. The Bertz CT molecular complexity index is 786. The normalized spacial score (nSPS) is 10.8. The van der Waals surface area contributed by atoms with E-state index in [0.717, 1.165) is 0 Å². The number of hydrogen-bond acceptors (Lipinski definition) is 5. The number of carbonyl (C=O) groups is 1. The lowest BCUT2D eigenvalue weighted by molar-refractivity contribution is 0.0596. The van der Waals surface area contributed by atoms with E-state index in [4.69, 9.17) is 4.74 Å². The van der Waals surface area contributed by atoms with Gasteiger partial charge in [-0.25, -0.2) is 13.2 Å². The highest BCUT2D eigenvalue weighted by Gasteiger charge is 2.22. The Morgan fingerprint density at radius 3 is 2.45 bits per heavy atom. The second-order valence-electron chi connectivity index (χ2n) is 4.33. The Morgan fingerprint density at radius 2 is 1.77 bits per heavy atom. The Morgan fingerprint density at radius 1 is 1.05 bits per heavy atom. The van der Waals surface area contributed by atoms with Gasteiger partial charge in [0, 0.05) is 6.07 Å². The smallest absolute Gasteiger partial charge is 0.339 e. The van der Waals surface area contributed by atoms with Crippen LogP contribution in [0, 0.1) is 0 Å². The molecule has 1 N–H and O–H groups in total. The largest absolute Gasteiger partial charge is 0.497 e. The number of rotatable bonds is 5. The van der Waals surface area contributed by atoms with Crippen molar-refractivity contribution in [3.8, 4) is 5.75 Å². The van der Waals surface area contributed by atoms with Crippen LogP contribution in [-0.4, -0.2) is 28.6 Å². The SMILES string of the molecule is COC(=O)c1ccccc1S(=O)(=O)Nc1cccc(OC)c1. The van der Waals surface area contributed by atoms with Crippen LogP contribution < -0.4 is 9.46 Å². The van der Waals surface area contributed by atoms with Gasteiger partial charge in [0.25, 0.3) is 10.0 Å². The van der Waals surface area contributed by atoms with Crippen LogP contribution in [0.15, 0.2) is 53.4 Å². The minimum atomic E-state index is -3.93. The molecule has 0 spiro atoms. The average Bonchev–Trinajstić information content (AvgIpc) is 2.54. The summed E-state index contributed by atoms with van der Waals surface area (Å²) < 4.78 is 37.0. The van der Waals surface area contributed by atoms with Crippen molar-refractivity contribution in [2.24, 2.45) is 0 Å². The van der Waals surface area contributed by atoms with E-state index in [0.29, 0.717) is 11.4 Å². The van der Waals surface area contributed by atoms with Crippen molar-refractivity contribution >= 4 is 21.7 Å². The van der Waals surface area contributed by atoms with Gasteiger partial charge in [-0.2, -0.15) is 0 Å². The number of nitrogens with one attached hydrogen (secondary N) is 1. The van der Waals surface area contributed by atoms with Crippen LogP contribution in [0.3, 0.4) is 0 Å². The first-order valence-electron chi connectivity index (χ1n) is 6.32. The molecular formula is C15H15NO5S. The second-order valence-corrected chi connectivity index (χ2v) is 5.98. The monoisotopic (exact) mass is 321 g/mol. The van der Waals surface area contributed by atoms with Crippen LogP contribution in [0.2, 0.25) is 0 Å². The van der Waals surface area contributed by atoms with Crippen molar-refractivity contribution in [1.82, 2.24) is 0 Å². The zero-order valence-electron chi connectivity index (χ0n) is 12.1. The lowest BCUT2D eigenvalue weighted by Crippen LogP contribution is -2.17. The molecule has 0 atom stereocenters. The van der Waals surface area contributed by atoms with Gasteiger partial charge >= 0.3 is 5.97 Å². The molecule has 2 aromatic carbocycles. The fraction of sp³-hybridized carbons (Fsp3) is 0.133. The van der Waals surface area contributed by atoms with E-state index in [1.165, 1.54) is 38.5 Å². The highest BCUT2D eigenvalue weighted by atomic mass is 32.2. The van der Waals surface area contributed by atoms with Crippen molar-refractivity contribution in [1.29, 1.82) is 0 Å². The van der Waals surface area contributed by atoms with E-state index in [1.54, 1.807) is 24.3 Å². The third-order valence-corrected chi connectivity index (χ3v) is 4.34. The molecule has 22 heavy (non-hydrogen) atoms. The topological polar surface area (TPSA) is 81.7 Å². The van der Waals surface area contributed by atoms with E-state index in [9.17, 15) is 13.2 Å². The Balaban J connectivity index is 2.41. The van der Waals surface area contributed by atoms with Gasteiger partial charge in [0.2, 0.25) is 0 Å². The summed E-state index contributed by atoms with van der Waals surface area (Å²) in [6.45, 7) is 0. The van der Waals surface area contributed by atoms with Crippen molar-refractivity contribution in [2.45, 2.75) is 4.90 Å². The van der Waals surface area contributed by atoms with Gasteiger partial charge in [-0.1, -0.05) is 18.2 Å². The molecule has 0 unspecified atom stereocenters. The molecule has 2 aromatic rings. The first-order valence-corrected chi connectivity index (χ1v) is 7.80. The molecule has 0 heterocycles. The van der Waals surface area contributed by atoms with E-state index in [-0.39, 0.29) is 10.5 Å². The lowest BCUT2D eigenvalue weighted by Gasteiger charge is -2.11. The third-order valence-electron chi connectivity index (χ3n) is 2.90. The first-order chi connectivity index (χ1) is 10.5. The van der Waals surface area contributed by atoms with Gasteiger partial charge in [0.15, 0.2) is 0 Å². The number of benzene rings is 2. The fourth-order valence-corrected chi connectivity index (χ4v) is 3.12. The van der Waals surface area contributed by atoms with Gasteiger partial charge in [0.05, 0.1) is 25.5 Å². The Kier molecular flexibility index (Phi) is 4.67. The summed E-state index contributed by atoms with van der Waals surface area (Å²) >= 11 is 0. The number of methoxy groups -OCH3 is 2. The number of anilines is 1. The number of sulfonamides is 1. The van der Waals surface area contributed by atoms with E-state index in [2.05, 4.69) is 9.46 Å². The summed E-state index contributed by atoms with van der Waals surface area (Å²) in [5, 5.41) is 0. The van der Waals surface area contributed by atoms with Crippen molar-refractivity contribution in [3.63, 3.8) is 0 Å². The summed E-state index contributed by atoms with van der Waals surface area (Å²) in [4.78, 5) is 11.6. The molecule has 7 heteroatoms. The minimum Gasteiger partial charge on any atom is -0.497 e. The molecule has 0 radical (unpaired) electrons. The van der Waals surface area contributed by atoms with Gasteiger partial charge in [-0.3, -0.25) is 4.72 Å². The third kappa shape index (κ3) is 3.37.